The van der Waals surface area contributed by atoms with Crippen molar-refractivity contribution >= 4 is 10.0 Å². The van der Waals surface area contributed by atoms with Crippen LogP contribution in [0.15, 0.2) is 23.1 Å². The van der Waals surface area contributed by atoms with Crippen LogP contribution in [-0.2, 0) is 16.6 Å². The maximum absolute atomic E-state index is 12.5. The largest absolute Gasteiger partial charge is 0.494 e. The molecule has 1 rings (SSSR count). The molecule has 3 N–H and O–H groups in total. The quantitative estimate of drug-likeness (QED) is 0.772. The summed E-state index contributed by atoms with van der Waals surface area (Å²) in [6, 6.07) is 4.79. The van der Waals surface area contributed by atoms with E-state index in [-0.39, 0.29) is 11.4 Å². The van der Waals surface area contributed by atoms with E-state index < -0.39 is 15.6 Å². The van der Waals surface area contributed by atoms with Crippen molar-refractivity contribution in [3.8, 4) is 5.75 Å². The summed E-state index contributed by atoms with van der Waals surface area (Å²) in [5.74, 6) is 0.631. The van der Waals surface area contributed by atoms with E-state index in [9.17, 15) is 8.42 Å². The van der Waals surface area contributed by atoms with Crippen LogP contribution in [0.2, 0.25) is 0 Å². The number of rotatable bonds is 8. The van der Waals surface area contributed by atoms with Crippen molar-refractivity contribution in [2.45, 2.75) is 57.5 Å². The highest BCUT2D eigenvalue weighted by Gasteiger charge is 2.25. The van der Waals surface area contributed by atoms with E-state index in [1.165, 1.54) is 0 Å². The van der Waals surface area contributed by atoms with Crippen molar-refractivity contribution in [1.82, 2.24) is 4.72 Å². The molecule has 0 saturated carbocycles. The standard InChI is InChI=1S/C15H26N2O3S/c1-5-9-15(3,4)17-21(18,19)13-7-8-14(20-6-2)12(10-13)11-16/h7-8,10,17H,5-6,9,11,16H2,1-4H3. The predicted octanol–water partition coefficient (Wildman–Crippen LogP) is 2.40. The molecular formula is C15H26N2O3S. The molecule has 0 heterocycles. The lowest BCUT2D eigenvalue weighted by atomic mass is 10.0. The first-order valence-electron chi connectivity index (χ1n) is 7.25. The Kier molecular flexibility index (Phi) is 6.19. The van der Waals surface area contributed by atoms with Gasteiger partial charge in [-0.3, -0.25) is 0 Å². The summed E-state index contributed by atoms with van der Waals surface area (Å²) in [5, 5.41) is 0. The summed E-state index contributed by atoms with van der Waals surface area (Å²) in [4.78, 5) is 0.218. The SMILES string of the molecule is CCCC(C)(C)NS(=O)(=O)c1ccc(OCC)c(CN)c1. The second kappa shape index (κ2) is 7.24. The fraction of sp³-hybridized carbons (Fsp3) is 0.600. The first kappa shape index (κ1) is 17.9. The first-order valence-corrected chi connectivity index (χ1v) is 8.74. The zero-order chi connectivity index (χ0) is 16.1. The highest BCUT2D eigenvalue weighted by atomic mass is 32.2. The molecule has 21 heavy (non-hydrogen) atoms. The van der Waals surface area contributed by atoms with Crippen molar-refractivity contribution in [1.29, 1.82) is 0 Å². The molecule has 0 aliphatic heterocycles. The highest BCUT2D eigenvalue weighted by molar-refractivity contribution is 7.89. The van der Waals surface area contributed by atoms with E-state index in [0.717, 1.165) is 12.8 Å². The predicted molar refractivity (Wildman–Crippen MR) is 84.8 cm³/mol. The monoisotopic (exact) mass is 314 g/mol. The van der Waals surface area contributed by atoms with Gasteiger partial charge in [-0.15, -0.1) is 0 Å². The van der Waals surface area contributed by atoms with E-state index in [4.69, 9.17) is 10.5 Å². The molecule has 0 spiro atoms. The number of nitrogens with two attached hydrogens (primary N) is 1. The van der Waals surface area contributed by atoms with Gasteiger partial charge in [0.15, 0.2) is 0 Å². The van der Waals surface area contributed by atoms with Gasteiger partial charge in [-0.1, -0.05) is 13.3 Å². The molecule has 0 aliphatic rings. The minimum Gasteiger partial charge on any atom is -0.494 e. The van der Waals surface area contributed by atoms with Crippen LogP contribution in [0.3, 0.4) is 0 Å². The number of ether oxygens (including phenoxy) is 1. The minimum absolute atomic E-state index is 0.218. The van der Waals surface area contributed by atoms with Crippen molar-refractivity contribution < 1.29 is 13.2 Å². The van der Waals surface area contributed by atoms with Gasteiger partial charge in [0, 0.05) is 17.6 Å². The van der Waals surface area contributed by atoms with E-state index in [2.05, 4.69) is 4.72 Å². The molecule has 6 heteroatoms. The Balaban J connectivity index is 3.09. The molecule has 0 radical (unpaired) electrons. The van der Waals surface area contributed by atoms with Crippen molar-refractivity contribution in [2.75, 3.05) is 6.61 Å². The summed E-state index contributed by atoms with van der Waals surface area (Å²) in [7, 11) is -3.57. The van der Waals surface area contributed by atoms with Crippen LogP contribution in [0.4, 0.5) is 0 Å². The van der Waals surface area contributed by atoms with Crippen LogP contribution >= 0.6 is 0 Å². The first-order chi connectivity index (χ1) is 9.75. The molecule has 0 aromatic heterocycles. The van der Waals surface area contributed by atoms with Crippen molar-refractivity contribution in [3.05, 3.63) is 23.8 Å². The second-order valence-corrected chi connectivity index (χ2v) is 7.33. The lowest BCUT2D eigenvalue weighted by Crippen LogP contribution is -2.43. The van der Waals surface area contributed by atoms with Crippen LogP contribution in [-0.4, -0.2) is 20.6 Å². The van der Waals surface area contributed by atoms with E-state index in [1.807, 2.05) is 27.7 Å². The van der Waals surface area contributed by atoms with Gasteiger partial charge >= 0.3 is 0 Å². The summed E-state index contributed by atoms with van der Waals surface area (Å²) >= 11 is 0. The molecule has 0 unspecified atom stereocenters. The molecule has 0 fully saturated rings. The zero-order valence-corrected chi connectivity index (χ0v) is 14.1. The average Bonchev–Trinajstić information content (AvgIpc) is 2.37. The molecular weight excluding hydrogens is 288 g/mol. The Hall–Kier alpha value is -1.11. The summed E-state index contributed by atoms with van der Waals surface area (Å²) in [6.45, 7) is 8.41. The van der Waals surface area contributed by atoms with Gasteiger partial charge in [-0.2, -0.15) is 0 Å². The average molecular weight is 314 g/mol. The number of nitrogens with one attached hydrogen (secondary N) is 1. The third-order valence-electron chi connectivity index (χ3n) is 3.15. The lowest BCUT2D eigenvalue weighted by Gasteiger charge is -2.25. The van der Waals surface area contributed by atoms with Crippen LogP contribution in [0.5, 0.6) is 5.75 Å². The van der Waals surface area contributed by atoms with Gasteiger partial charge < -0.3 is 10.5 Å². The van der Waals surface area contributed by atoms with Gasteiger partial charge in [0.2, 0.25) is 10.0 Å². The van der Waals surface area contributed by atoms with Crippen molar-refractivity contribution in [2.24, 2.45) is 5.73 Å². The summed E-state index contributed by atoms with van der Waals surface area (Å²) < 4.78 is 33.1. The molecule has 120 valence electrons. The molecule has 0 bridgehead atoms. The van der Waals surface area contributed by atoms with E-state index in [0.29, 0.717) is 17.9 Å². The zero-order valence-electron chi connectivity index (χ0n) is 13.3. The smallest absolute Gasteiger partial charge is 0.241 e. The summed E-state index contributed by atoms with van der Waals surface area (Å²) in [6.07, 6.45) is 1.68. The molecule has 0 saturated heterocycles. The maximum Gasteiger partial charge on any atom is 0.241 e. The third kappa shape index (κ3) is 4.98. The molecule has 1 aromatic rings. The number of sulfonamides is 1. The molecule has 5 nitrogen and oxygen atoms in total. The van der Waals surface area contributed by atoms with Crippen LogP contribution in [0.1, 0.15) is 46.1 Å². The van der Waals surface area contributed by atoms with Crippen molar-refractivity contribution in [3.63, 3.8) is 0 Å². The topological polar surface area (TPSA) is 81.4 Å². The lowest BCUT2D eigenvalue weighted by molar-refractivity contribution is 0.336. The maximum atomic E-state index is 12.5. The number of benzene rings is 1. The fourth-order valence-electron chi connectivity index (χ4n) is 2.28. The summed E-state index contributed by atoms with van der Waals surface area (Å²) in [5.41, 5.74) is 5.88. The van der Waals surface area contributed by atoms with Crippen LogP contribution in [0.25, 0.3) is 0 Å². The second-order valence-electron chi connectivity index (χ2n) is 5.65. The van der Waals surface area contributed by atoms with Gasteiger partial charge in [0.05, 0.1) is 11.5 Å². The van der Waals surface area contributed by atoms with Gasteiger partial charge in [-0.25, -0.2) is 13.1 Å². The van der Waals surface area contributed by atoms with Gasteiger partial charge in [-0.05, 0) is 45.4 Å². The van der Waals surface area contributed by atoms with Crippen LogP contribution < -0.4 is 15.2 Å². The highest BCUT2D eigenvalue weighted by Crippen LogP contribution is 2.24. The molecule has 0 aliphatic carbocycles. The van der Waals surface area contributed by atoms with E-state index in [1.54, 1.807) is 18.2 Å². The van der Waals surface area contributed by atoms with Gasteiger partial charge in [0.1, 0.15) is 5.75 Å². The number of hydrogen-bond acceptors (Lipinski definition) is 4. The van der Waals surface area contributed by atoms with Gasteiger partial charge in [0.25, 0.3) is 0 Å². The van der Waals surface area contributed by atoms with Crippen LogP contribution in [0, 0.1) is 0 Å². The molecule has 1 aromatic carbocycles. The Morgan fingerprint density at radius 2 is 1.95 bits per heavy atom. The Morgan fingerprint density at radius 3 is 2.48 bits per heavy atom. The number of hydrogen-bond donors (Lipinski definition) is 2. The Bertz CT molecular complexity index is 568. The minimum atomic E-state index is -3.57. The third-order valence-corrected chi connectivity index (χ3v) is 4.84. The fourth-order valence-corrected chi connectivity index (χ4v) is 3.77. The normalized spacial score (nSPS) is 12.4. The Morgan fingerprint density at radius 1 is 1.29 bits per heavy atom. The Labute approximate surface area is 127 Å². The molecule has 0 atom stereocenters. The molecule has 0 amide bonds. The van der Waals surface area contributed by atoms with E-state index >= 15 is 0 Å².